The van der Waals surface area contributed by atoms with Crippen molar-refractivity contribution in [2.45, 2.75) is 76.9 Å². The van der Waals surface area contributed by atoms with Crippen LogP contribution in [0, 0.1) is 18.3 Å². The summed E-state index contributed by atoms with van der Waals surface area (Å²) < 4.78 is 32.2. The summed E-state index contributed by atoms with van der Waals surface area (Å²) in [5.41, 5.74) is 6.90. The first-order valence-corrected chi connectivity index (χ1v) is 17.1. The molecule has 13 heteroatoms. The molecule has 3 N–H and O–H groups in total. The fraction of sp³-hybridized carbons (Fsp3) is 0.516. The molecule has 2 aromatic heterocycles. The smallest absolute Gasteiger partial charge is 0.323 e. The van der Waals surface area contributed by atoms with E-state index in [9.17, 15) is 4.79 Å². The molecule has 1 saturated heterocycles. The number of nitrogens with one attached hydrogen (secondary N) is 1. The van der Waals surface area contributed by atoms with Crippen molar-refractivity contribution < 1.29 is 28.1 Å². The number of ether oxygens (including phenoxy) is 3. The maximum Gasteiger partial charge on any atom is 0.323 e. The Morgan fingerprint density at radius 3 is 2.77 bits per heavy atom. The number of fused-ring (bicyclic) bond motifs is 1. The molecule has 44 heavy (non-hydrogen) atoms. The lowest BCUT2D eigenvalue weighted by atomic mass is 9.98. The lowest BCUT2D eigenvalue weighted by molar-refractivity contribution is -0.152. The largest absolute Gasteiger partial charge is 0.476 e. The zero-order valence-electron chi connectivity index (χ0n) is 25.3. The van der Waals surface area contributed by atoms with Crippen molar-refractivity contribution in [1.29, 1.82) is 0 Å². The number of imidazole rings is 1. The summed E-state index contributed by atoms with van der Waals surface area (Å²) in [5, 5.41) is 3.24. The quantitative estimate of drug-likeness (QED) is 0.157. The van der Waals surface area contributed by atoms with Crippen molar-refractivity contribution in [3.63, 3.8) is 0 Å². The maximum absolute atomic E-state index is 12.8. The summed E-state index contributed by atoms with van der Waals surface area (Å²) in [4.78, 5) is 25.8. The van der Waals surface area contributed by atoms with Crippen molar-refractivity contribution in [3.05, 3.63) is 36.7 Å². The number of esters is 1. The second-order valence-corrected chi connectivity index (χ2v) is 13.5. The van der Waals surface area contributed by atoms with Crippen molar-refractivity contribution in [1.82, 2.24) is 24.8 Å². The Morgan fingerprint density at radius 1 is 1.27 bits per heavy atom. The monoisotopic (exact) mass is 624 g/mol. The normalized spacial score (nSPS) is 22.6. The van der Waals surface area contributed by atoms with Gasteiger partial charge in [-0.25, -0.2) is 4.98 Å². The van der Waals surface area contributed by atoms with Crippen molar-refractivity contribution in [2.75, 3.05) is 25.2 Å². The molecule has 12 nitrogen and oxygen atoms in total. The van der Waals surface area contributed by atoms with Gasteiger partial charge in [-0.15, -0.1) is 6.42 Å². The van der Waals surface area contributed by atoms with E-state index in [1.54, 1.807) is 17.8 Å². The van der Waals surface area contributed by atoms with Crippen LogP contribution in [0.5, 0.6) is 11.6 Å². The van der Waals surface area contributed by atoms with Crippen LogP contribution in [0.1, 0.15) is 58.6 Å². The first kappa shape index (κ1) is 31.8. The van der Waals surface area contributed by atoms with Crippen LogP contribution in [0.2, 0.25) is 0 Å². The van der Waals surface area contributed by atoms with E-state index in [1.165, 1.54) is 6.42 Å². The molecule has 5 rings (SSSR count). The zero-order chi connectivity index (χ0) is 31.1. The van der Waals surface area contributed by atoms with Crippen LogP contribution >= 0.6 is 7.34 Å². The molecular formula is C31H41N6O6P. The Kier molecular flexibility index (Phi) is 10.4. The third-order valence-corrected chi connectivity index (χ3v) is 9.53. The molecule has 0 radical (unpaired) electrons. The van der Waals surface area contributed by atoms with E-state index < -0.39 is 19.6 Å². The minimum atomic E-state index is -2.82. The average Bonchev–Trinajstić information content (AvgIpc) is 3.64. The molecule has 2 aliphatic rings. The van der Waals surface area contributed by atoms with E-state index in [0.717, 1.165) is 25.7 Å². The van der Waals surface area contributed by atoms with Gasteiger partial charge in [0.1, 0.15) is 17.9 Å². The summed E-state index contributed by atoms with van der Waals surface area (Å²) in [5.74, 6) is 3.25. The number of anilines is 1. The highest BCUT2D eigenvalue weighted by Gasteiger charge is 2.38. The van der Waals surface area contributed by atoms with Gasteiger partial charge in [-0.3, -0.25) is 14.7 Å². The van der Waals surface area contributed by atoms with Crippen molar-refractivity contribution in [3.8, 4) is 24.0 Å². The Hall–Kier alpha value is -3.62. The number of nitrogens with two attached hydrogens (primary N) is 1. The van der Waals surface area contributed by atoms with Crippen LogP contribution < -0.4 is 20.3 Å². The fourth-order valence-electron chi connectivity index (χ4n) is 5.40. The highest BCUT2D eigenvalue weighted by atomic mass is 31.2. The minimum absolute atomic E-state index is 0.0190. The third-order valence-electron chi connectivity index (χ3n) is 7.71. The summed E-state index contributed by atoms with van der Waals surface area (Å²) in [6.07, 6.45) is 16.9. The number of benzene rings is 1. The number of carbonyl (C=O) groups is 1. The number of carbonyl (C=O) groups excluding carboxylic acids is 1. The molecule has 3 aromatic rings. The number of hydrogen-bond acceptors (Lipinski definition) is 11. The van der Waals surface area contributed by atoms with Gasteiger partial charge in [0.25, 0.3) is 0 Å². The predicted octanol–water partition coefficient (Wildman–Crippen LogP) is 4.53. The first-order valence-electron chi connectivity index (χ1n) is 15.1. The Balaban J connectivity index is 1.26. The molecular weight excluding hydrogens is 583 g/mol. The zero-order valence-corrected chi connectivity index (χ0v) is 26.2. The topological polar surface area (TPSA) is 145 Å². The number of hydrogen-bond donors (Lipinski definition) is 2. The number of aromatic nitrogens is 4. The molecule has 1 aromatic carbocycles. The summed E-state index contributed by atoms with van der Waals surface area (Å²) in [6.45, 7) is 4.21. The van der Waals surface area contributed by atoms with Crippen molar-refractivity contribution in [2.24, 2.45) is 5.92 Å². The highest BCUT2D eigenvalue weighted by molar-refractivity contribution is 7.64. The molecule has 1 aliphatic heterocycles. The number of nitrogen functional groups attached to an aromatic ring is 1. The Labute approximate surface area is 258 Å². The Bertz CT molecular complexity index is 1500. The summed E-state index contributed by atoms with van der Waals surface area (Å²) >= 11 is 0. The van der Waals surface area contributed by atoms with Gasteiger partial charge in [0.2, 0.25) is 11.8 Å². The van der Waals surface area contributed by atoms with Crippen molar-refractivity contribution >= 4 is 36.7 Å². The van der Waals surface area contributed by atoms with E-state index in [0.29, 0.717) is 35.8 Å². The van der Waals surface area contributed by atoms with Gasteiger partial charge in [-0.05, 0) is 64.4 Å². The lowest BCUT2D eigenvalue weighted by Gasteiger charge is -2.29. The predicted molar refractivity (Wildman–Crippen MR) is 169 cm³/mol. The molecule has 0 spiro atoms. The molecule has 0 bridgehead atoms. The van der Waals surface area contributed by atoms with Gasteiger partial charge >= 0.3 is 5.97 Å². The van der Waals surface area contributed by atoms with Crippen LogP contribution in [-0.4, -0.2) is 69.5 Å². The minimum Gasteiger partial charge on any atom is -0.476 e. The van der Waals surface area contributed by atoms with Gasteiger partial charge in [0, 0.05) is 0 Å². The van der Waals surface area contributed by atoms with Crippen LogP contribution in [0.3, 0.4) is 0 Å². The van der Waals surface area contributed by atoms with Crippen LogP contribution in [-0.2, 0) is 18.8 Å². The summed E-state index contributed by atoms with van der Waals surface area (Å²) in [6, 6.07) is 8.79. The second-order valence-electron chi connectivity index (χ2n) is 11.1. The van der Waals surface area contributed by atoms with Gasteiger partial charge in [-0.1, -0.05) is 30.5 Å². The second kappa shape index (κ2) is 14.4. The molecule has 1 aliphatic carbocycles. The molecule has 2 unspecified atom stereocenters. The van der Waals surface area contributed by atoms with E-state index in [1.807, 2.05) is 37.3 Å². The molecule has 0 amide bonds. The molecule has 236 valence electrons. The maximum atomic E-state index is 12.8. The van der Waals surface area contributed by atoms with Gasteiger partial charge < -0.3 is 29.0 Å². The average molecular weight is 625 g/mol. The SMILES string of the molecule is C#C[C@H]1CC(COP(=C)(CN[C@@H](C)C(=O)OC2CCCCC2)Oc2ccccc2)O[C@H]1n1cnc2c(OCC)nc(N)nc21. The van der Waals surface area contributed by atoms with E-state index in [2.05, 4.69) is 32.5 Å². The van der Waals surface area contributed by atoms with Gasteiger partial charge in [0.05, 0.1) is 37.8 Å². The molecule has 3 heterocycles. The van der Waals surface area contributed by atoms with Crippen LogP contribution in [0.4, 0.5) is 5.95 Å². The fourth-order valence-corrected chi connectivity index (χ4v) is 7.10. The summed E-state index contributed by atoms with van der Waals surface area (Å²) in [7, 11) is -2.82. The van der Waals surface area contributed by atoms with Crippen LogP contribution in [0.15, 0.2) is 36.7 Å². The van der Waals surface area contributed by atoms with Gasteiger partial charge in [0.15, 0.2) is 24.7 Å². The van der Waals surface area contributed by atoms with Gasteiger partial charge in [-0.2, -0.15) is 9.97 Å². The Morgan fingerprint density at radius 2 is 2.05 bits per heavy atom. The number of para-hydroxylation sites is 1. The van der Waals surface area contributed by atoms with E-state index in [-0.39, 0.29) is 42.9 Å². The molecule has 5 atom stereocenters. The van der Waals surface area contributed by atoms with E-state index >= 15 is 0 Å². The number of rotatable bonds is 13. The number of nitrogens with zero attached hydrogens (tertiary/aromatic N) is 4. The lowest BCUT2D eigenvalue weighted by Crippen LogP contribution is -2.38. The third kappa shape index (κ3) is 7.71. The first-order chi connectivity index (χ1) is 21.3. The molecule has 1 saturated carbocycles. The standard InChI is InChI=1S/C31H41N6O6P/c1-5-22-17-25(41-29(22)37-19-33-26-27(37)35-31(32)36-28(26)39-6-2)18-40-44(4,43-24-15-11-8-12-16-24)20-34-21(3)30(38)42-23-13-9-7-10-14-23/h1,8,11-12,15-16,19,21-23,25,29,34H,4,6-7,9-10,13-14,17-18,20H2,2-3H3,(H2,32,35,36)/t21-,22-,25?,29+,44?/m0/s1. The van der Waals surface area contributed by atoms with E-state index in [4.69, 9.17) is 35.4 Å². The highest BCUT2D eigenvalue weighted by Crippen LogP contribution is 2.48. The molecule has 2 fully saturated rings. The van der Waals surface area contributed by atoms with Crippen LogP contribution in [0.25, 0.3) is 11.2 Å². The number of terminal acetylenes is 1.